The molecule has 0 aliphatic carbocycles. The van der Waals surface area contributed by atoms with E-state index in [9.17, 15) is 10.2 Å². The zero-order chi connectivity index (χ0) is 24.7. The van der Waals surface area contributed by atoms with E-state index in [1.807, 2.05) is 60.7 Å². The first-order valence-electron chi connectivity index (χ1n) is 12.7. The summed E-state index contributed by atoms with van der Waals surface area (Å²) in [5, 5.41) is 25.6. The maximum absolute atomic E-state index is 10.5. The van der Waals surface area contributed by atoms with E-state index in [0.717, 1.165) is 48.5 Å². The van der Waals surface area contributed by atoms with Crippen LogP contribution in [-0.2, 0) is 0 Å². The summed E-state index contributed by atoms with van der Waals surface area (Å²) in [7, 11) is 0. The maximum Gasteiger partial charge on any atom is 0.120 e. The molecule has 6 nitrogen and oxygen atoms in total. The van der Waals surface area contributed by atoms with Crippen molar-refractivity contribution in [3.63, 3.8) is 0 Å². The van der Waals surface area contributed by atoms with Crippen LogP contribution in [0.25, 0.3) is 21.5 Å². The zero-order valence-corrected chi connectivity index (χ0v) is 20.5. The quantitative estimate of drug-likeness (QED) is 0.356. The Labute approximate surface area is 212 Å². The second kappa shape index (κ2) is 11.7. The number of hydrogen-bond donors (Lipinski definition) is 2. The number of β-amino-alcohol motifs (C(OH)–C–C–N with tert-alkyl or cyclic N) is 2. The van der Waals surface area contributed by atoms with Crippen LogP contribution in [0.2, 0.25) is 0 Å². The zero-order valence-electron chi connectivity index (χ0n) is 20.5. The van der Waals surface area contributed by atoms with Gasteiger partial charge in [-0.3, -0.25) is 9.80 Å². The second-order valence-corrected chi connectivity index (χ2v) is 9.55. The van der Waals surface area contributed by atoms with E-state index in [4.69, 9.17) is 9.47 Å². The minimum Gasteiger partial charge on any atom is -0.491 e. The molecule has 2 N–H and O–H groups in total. The standard InChI is InChI=1S/C30H34N2O4/c33-27(21-35-29-11-9-23-5-1-3-7-25(23)17-29)19-31-13-15-32(16-14-31)20-28(34)22-36-30-12-10-24-6-2-4-8-26(24)18-30/h1-12,17-18,27-28,33-34H,13-16,19-22H2. The Kier molecular flexibility index (Phi) is 7.98. The summed E-state index contributed by atoms with van der Waals surface area (Å²) in [5.74, 6) is 1.55. The number of ether oxygens (including phenoxy) is 2. The molecule has 4 aromatic carbocycles. The average Bonchev–Trinajstić information content (AvgIpc) is 2.91. The molecule has 0 radical (unpaired) electrons. The molecule has 1 aliphatic heterocycles. The average molecular weight is 487 g/mol. The molecule has 1 saturated heterocycles. The molecule has 0 aromatic heterocycles. The van der Waals surface area contributed by atoms with Gasteiger partial charge in [0.1, 0.15) is 36.9 Å². The van der Waals surface area contributed by atoms with Gasteiger partial charge in [-0.25, -0.2) is 0 Å². The Bertz CT molecular complexity index is 1170. The van der Waals surface area contributed by atoms with Gasteiger partial charge in [0.2, 0.25) is 0 Å². The summed E-state index contributed by atoms with van der Waals surface area (Å²) in [6.07, 6.45) is -1.10. The minimum absolute atomic E-state index is 0.267. The molecule has 6 heteroatoms. The molecule has 5 rings (SSSR count). The van der Waals surface area contributed by atoms with Gasteiger partial charge in [-0.1, -0.05) is 60.7 Å². The highest BCUT2D eigenvalue weighted by Gasteiger charge is 2.21. The van der Waals surface area contributed by atoms with Gasteiger partial charge in [0, 0.05) is 39.3 Å². The maximum atomic E-state index is 10.5. The van der Waals surface area contributed by atoms with Gasteiger partial charge in [0.15, 0.2) is 0 Å². The normalized spacial score (nSPS) is 16.7. The monoisotopic (exact) mass is 486 g/mol. The van der Waals surface area contributed by atoms with E-state index in [1.54, 1.807) is 0 Å². The van der Waals surface area contributed by atoms with Crippen molar-refractivity contribution in [2.75, 3.05) is 52.5 Å². The Morgan fingerprint density at radius 3 is 1.36 bits per heavy atom. The molecule has 36 heavy (non-hydrogen) atoms. The lowest BCUT2D eigenvalue weighted by Gasteiger charge is -2.36. The number of aliphatic hydroxyl groups excluding tert-OH is 2. The minimum atomic E-state index is -0.552. The summed E-state index contributed by atoms with van der Waals surface area (Å²) in [6, 6.07) is 28.3. The van der Waals surface area contributed by atoms with Gasteiger partial charge in [-0.15, -0.1) is 0 Å². The number of piperazine rings is 1. The van der Waals surface area contributed by atoms with Crippen LogP contribution >= 0.6 is 0 Å². The lowest BCUT2D eigenvalue weighted by Crippen LogP contribution is -2.51. The van der Waals surface area contributed by atoms with Crippen molar-refractivity contribution < 1.29 is 19.7 Å². The van der Waals surface area contributed by atoms with E-state index in [0.29, 0.717) is 13.1 Å². The van der Waals surface area contributed by atoms with Crippen LogP contribution in [-0.4, -0.2) is 84.7 Å². The van der Waals surface area contributed by atoms with Crippen LogP contribution < -0.4 is 9.47 Å². The van der Waals surface area contributed by atoms with Crippen molar-refractivity contribution in [2.24, 2.45) is 0 Å². The fraction of sp³-hybridized carbons (Fsp3) is 0.333. The number of aliphatic hydroxyl groups is 2. The Morgan fingerprint density at radius 1 is 0.556 bits per heavy atom. The SMILES string of the molecule is OC(COc1ccc2ccccc2c1)CN1CCN(CC(O)COc2ccc3ccccc3c2)CC1. The van der Waals surface area contributed by atoms with Crippen LogP contribution in [0.3, 0.4) is 0 Å². The summed E-state index contributed by atoms with van der Waals surface area (Å²) in [5.41, 5.74) is 0. The Morgan fingerprint density at radius 2 is 0.944 bits per heavy atom. The first-order valence-corrected chi connectivity index (χ1v) is 12.7. The third-order valence-corrected chi connectivity index (χ3v) is 6.73. The van der Waals surface area contributed by atoms with Crippen LogP contribution in [0.15, 0.2) is 84.9 Å². The number of benzene rings is 4. The van der Waals surface area contributed by atoms with E-state index in [2.05, 4.69) is 34.1 Å². The molecule has 1 heterocycles. The Hall–Kier alpha value is -3.16. The molecule has 0 saturated carbocycles. The van der Waals surface area contributed by atoms with Crippen molar-refractivity contribution in [2.45, 2.75) is 12.2 Å². The van der Waals surface area contributed by atoms with Gasteiger partial charge >= 0.3 is 0 Å². The van der Waals surface area contributed by atoms with E-state index < -0.39 is 12.2 Å². The van der Waals surface area contributed by atoms with Crippen molar-refractivity contribution in [1.29, 1.82) is 0 Å². The predicted molar refractivity (Wildman–Crippen MR) is 144 cm³/mol. The second-order valence-electron chi connectivity index (χ2n) is 9.55. The molecule has 1 fully saturated rings. The molecule has 0 spiro atoms. The summed E-state index contributed by atoms with van der Waals surface area (Å²) in [6.45, 7) is 5.10. The van der Waals surface area contributed by atoms with Crippen LogP contribution in [0.1, 0.15) is 0 Å². The van der Waals surface area contributed by atoms with Crippen LogP contribution in [0.5, 0.6) is 11.5 Å². The molecule has 2 unspecified atom stereocenters. The molecule has 0 bridgehead atoms. The van der Waals surface area contributed by atoms with Crippen molar-refractivity contribution in [1.82, 2.24) is 9.80 Å². The van der Waals surface area contributed by atoms with Crippen molar-refractivity contribution >= 4 is 21.5 Å². The number of nitrogens with zero attached hydrogens (tertiary/aromatic N) is 2. The van der Waals surface area contributed by atoms with E-state index >= 15 is 0 Å². The lowest BCUT2D eigenvalue weighted by molar-refractivity contribution is 0.0241. The first-order chi connectivity index (χ1) is 17.6. The topological polar surface area (TPSA) is 65.4 Å². The van der Waals surface area contributed by atoms with Gasteiger partial charge in [-0.05, 0) is 45.8 Å². The third kappa shape index (κ3) is 6.53. The summed E-state index contributed by atoms with van der Waals surface area (Å²) >= 11 is 0. The molecule has 1 aliphatic rings. The molecular formula is C30H34N2O4. The van der Waals surface area contributed by atoms with Gasteiger partial charge in [-0.2, -0.15) is 0 Å². The van der Waals surface area contributed by atoms with Crippen molar-refractivity contribution in [3.05, 3.63) is 84.9 Å². The highest BCUT2D eigenvalue weighted by molar-refractivity contribution is 5.84. The summed E-state index contributed by atoms with van der Waals surface area (Å²) in [4.78, 5) is 4.51. The third-order valence-electron chi connectivity index (χ3n) is 6.73. The van der Waals surface area contributed by atoms with E-state index in [-0.39, 0.29) is 13.2 Å². The molecule has 4 aromatic rings. The number of hydrogen-bond acceptors (Lipinski definition) is 6. The van der Waals surface area contributed by atoms with Crippen molar-refractivity contribution in [3.8, 4) is 11.5 Å². The molecule has 2 atom stereocenters. The van der Waals surface area contributed by atoms with Crippen LogP contribution in [0.4, 0.5) is 0 Å². The number of rotatable bonds is 10. The highest BCUT2D eigenvalue weighted by atomic mass is 16.5. The lowest BCUT2D eigenvalue weighted by atomic mass is 10.1. The van der Waals surface area contributed by atoms with Crippen LogP contribution in [0, 0.1) is 0 Å². The molecule has 188 valence electrons. The van der Waals surface area contributed by atoms with Gasteiger partial charge in [0.25, 0.3) is 0 Å². The Balaban J connectivity index is 1.00. The number of fused-ring (bicyclic) bond motifs is 2. The fourth-order valence-corrected chi connectivity index (χ4v) is 4.76. The molecule has 0 amide bonds. The molecular weight excluding hydrogens is 452 g/mol. The highest BCUT2D eigenvalue weighted by Crippen LogP contribution is 2.22. The predicted octanol–water partition coefficient (Wildman–Crippen LogP) is 3.79. The van der Waals surface area contributed by atoms with Gasteiger partial charge < -0.3 is 19.7 Å². The summed E-state index contributed by atoms with van der Waals surface area (Å²) < 4.78 is 11.7. The first kappa shape index (κ1) is 24.5. The van der Waals surface area contributed by atoms with Gasteiger partial charge in [0.05, 0.1) is 0 Å². The smallest absolute Gasteiger partial charge is 0.120 e. The van der Waals surface area contributed by atoms with E-state index in [1.165, 1.54) is 10.8 Å². The largest absolute Gasteiger partial charge is 0.491 e. The fourth-order valence-electron chi connectivity index (χ4n) is 4.76.